The molecule has 0 aliphatic carbocycles. The molecule has 4 heteroatoms. The van der Waals surface area contributed by atoms with Gasteiger partial charge in [0.25, 0.3) is 0 Å². The second-order valence-corrected chi connectivity index (χ2v) is 4.90. The van der Waals surface area contributed by atoms with Crippen LogP contribution in [-0.4, -0.2) is 18.8 Å². The summed E-state index contributed by atoms with van der Waals surface area (Å²) in [7, 11) is 0. The maximum atomic E-state index is 11.6. The van der Waals surface area contributed by atoms with Gasteiger partial charge in [0.2, 0.25) is 0 Å². The number of hydrogen-bond acceptors (Lipinski definition) is 4. The molecule has 0 saturated heterocycles. The van der Waals surface area contributed by atoms with Crippen molar-refractivity contribution in [3.05, 3.63) is 48.0 Å². The zero-order chi connectivity index (χ0) is 15.9. The molecule has 0 spiro atoms. The van der Waals surface area contributed by atoms with Crippen LogP contribution in [0.5, 0.6) is 0 Å². The van der Waals surface area contributed by atoms with E-state index in [2.05, 4.69) is 4.99 Å². The molecule has 0 amide bonds. The van der Waals surface area contributed by atoms with E-state index < -0.39 is 11.9 Å². The van der Waals surface area contributed by atoms with Crippen LogP contribution in [0.1, 0.15) is 25.5 Å². The van der Waals surface area contributed by atoms with Crippen molar-refractivity contribution >= 4 is 23.0 Å². The lowest BCUT2D eigenvalue weighted by Gasteiger charge is -2.11. The minimum Gasteiger partial charge on any atom is -0.465 e. The van der Waals surface area contributed by atoms with Crippen LogP contribution in [0.25, 0.3) is 10.8 Å². The van der Waals surface area contributed by atoms with Crippen LogP contribution in [0.4, 0.5) is 0 Å². The molecule has 0 radical (unpaired) electrons. The molecule has 0 aliphatic rings. The topological polar surface area (TPSA) is 62.5 Å². The van der Waals surface area contributed by atoms with Crippen molar-refractivity contribution in [2.75, 3.05) is 6.61 Å². The van der Waals surface area contributed by atoms with E-state index in [0.29, 0.717) is 0 Å². The van der Waals surface area contributed by atoms with Gasteiger partial charge in [-0.3, -0.25) is 9.79 Å². The monoisotopic (exact) mass is 294 g/mol. The number of hydrogen-bond donors (Lipinski definition) is 0. The summed E-state index contributed by atoms with van der Waals surface area (Å²) in [6.07, 6.45) is 1.38. The normalized spacial score (nSPS) is 13.7. The highest BCUT2D eigenvalue weighted by molar-refractivity contribution is 5.93. The number of rotatable bonds is 5. The smallest absolute Gasteiger partial charge is 0.328 e. The van der Waals surface area contributed by atoms with Crippen LogP contribution >= 0.6 is 0 Å². The molecule has 0 heterocycles. The van der Waals surface area contributed by atoms with E-state index in [0.717, 1.165) is 16.3 Å². The van der Waals surface area contributed by atoms with Crippen LogP contribution in [0.3, 0.4) is 0 Å². The van der Waals surface area contributed by atoms with E-state index in [-0.39, 0.29) is 12.6 Å². The summed E-state index contributed by atoms with van der Waals surface area (Å²) in [6, 6.07) is 15.9. The van der Waals surface area contributed by atoms with Crippen molar-refractivity contribution in [3.63, 3.8) is 0 Å². The third-order valence-electron chi connectivity index (χ3n) is 3.41. The van der Waals surface area contributed by atoms with E-state index >= 15 is 0 Å². The molecule has 0 N–H and O–H groups in total. The summed E-state index contributed by atoms with van der Waals surface area (Å²) in [4.78, 5) is 16.0. The van der Waals surface area contributed by atoms with Crippen LogP contribution in [0.15, 0.2) is 47.5 Å². The lowest BCUT2D eigenvalue weighted by atomic mass is 10.00. The first-order valence-corrected chi connectivity index (χ1v) is 7.24. The number of carbonyl (C=O) groups is 1. The molecule has 4 nitrogen and oxygen atoms in total. The van der Waals surface area contributed by atoms with Crippen LogP contribution in [0.2, 0.25) is 0 Å². The van der Waals surface area contributed by atoms with Crippen molar-refractivity contribution in [1.82, 2.24) is 0 Å². The number of aliphatic imine (C=N–C) groups is 1. The van der Waals surface area contributed by atoms with Gasteiger partial charge in [0.15, 0.2) is 5.92 Å². The highest BCUT2D eigenvalue weighted by atomic mass is 16.5. The molecule has 0 bridgehead atoms. The van der Waals surface area contributed by atoms with Gasteiger partial charge in [0.05, 0.1) is 18.7 Å². The van der Waals surface area contributed by atoms with Crippen molar-refractivity contribution in [2.24, 2.45) is 10.9 Å². The third-order valence-corrected chi connectivity index (χ3v) is 3.41. The minimum absolute atomic E-state index is 0.142. The van der Waals surface area contributed by atoms with Crippen LogP contribution in [-0.2, 0) is 9.53 Å². The molecule has 2 aromatic rings. The fraction of sp³-hybridized carbons (Fsp3) is 0.278. The Labute approximate surface area is 130 Å². The third kappa shape index (κ3) is 3.50. The number of fused-ring (bicyclic) bond motifs is 1. The van der Waals surface area contributed by atoms with Crippen LogP contribution in [0, 0.1) is 17.2 Å². The number of esters is 1. The zero-order valence-corrected chi connectivity index (χ0v) is 12.7. The zero-order valence-electron chi connectivity index (χ0n) is 12.7. The van der Waals surface area contributed by atoms with E-state index in [9.17, 15) is 4.79 Å². The summed E-state index contributed by atoms with van der Waals surface area (Å²) in [5.74, 6) is -1.52. The number of carbonyl (C=O) groups excluding carboxylic acids is 1. The highest BCUT2D eigenvalue weighted by Gasteiger charge is 2.17. The fourth-order valence-corrected chi connectivity index (χ4v) is 2.29. The molecule has 2 aromatic carbocycles. The Hall–Kier alpha value is -2.67. The van der Waals surface area contributed by atoms with E-state index in [4.69, 9.17) is 10.00 Å². The molecule has 0 fully saturated rings. The van der Waals surface area contributed by atoms with Gasteiger partial charge in [0.1, 0.15) is 0 Å². The average molecular weight is 294 g/mol. The molecule has 22 heavy (non-hydrogen) atoms. The fourth-order valence-electron chi connectivity index (χ4n) is 2.29. The second kappa shape index (κ2) is 7.37. The lowest BCUT2D eigenvalue weighted by Crippen LogP contribution is -2.17. The SMILES string of the molecule is CCOC(=O)[C@H](C#N)C=N[C@H](C)c1cccc2ccccc12. The molecule has 2 rings (SSSR count). The Bertz CT molecular complexity index is 726. The predicted octanol–water partition coefficient (Wildman–Crippen LogP) is 3.67. The Kier molecular flexibility index (Phi) is 5.26. The number of benzene rings is 2. The van der Waals surface area contributed by atoms with Gasteiger partial charge in [-0.15, -0.1) is 0 Å². The molecule has 0 saturated carbocycles. The summed E-state index contributed by atoms with van der Waals surface area (Å²) in [5, 5.41) is 11.3. The Balaban J connectivity index is 2.24. The Morgan fingerprint density at radius 2 is 2.05 bits per heavy atom. The van der Waals surface area contributed by atoms with Crippen molar-refractivity contribution < 1.29 is 9.53 Å². The molecular formula is C18H18N2O2. The first kappa shape index (κ1) is 15.7. The van der Waals surface area contributed by atoms with Gasteiger partial charge >= 0.3 is 5.97 Å². The van der Waals surface area contributed by atoms with E-state index in [1.54, 1.807) is 6.92 Å². The minimum atomic E-state index is -0.961. The van der Waals surface area contributed by atoms with Crippen molar-refractivity contribution in [3.8, 4) is 6.07 Å². The van der Waals surface area contributed by atoms with Gasteiger partial charge in [-0.25, -0.2) is 0 Å². The summed E-state index contributed by atoms with van der Waals surface area (Å²) >= 11 is 0. The first-order valence-electron chi connectivity index (χ1n) is 7.24. The summed E-state index contributed by atoms with van der Waals surface area (Å²) in [6.45, 7) is 3.91. The quantitative estimate of drug-likeness (QED) is 0.624. The van der Waals surface area contributed by atoms with Crippen molar-refractivity contribution in [2.45, 2.75) is 19.9 Å². The average Bonchev–Trinajstić information content (AvgIpc) is 2.55. The van der Waals surface area contributed by atoms with E-state index in [1.165, 1.54) is 6.21 Å². The molecule has 0 aliphatic heterocycles. The molecular weight excluding hydrogens is 276 g/mol. The molecule has 0 aromatic heterocycles. The van der Waals surface area contributed by atoms with Crippen molar-refractivity contribution in [1.29, 1.82) is 5.26 Å². The Morgan fingerprint density at radius 1 is 1.32 bits per heavy atom. The molecule has 2 atom stereocenters. The molecule has 0 unspecified atom stereocenters. The van der Waals surface area contributed by atoms with Gasteiger partial charge in [-0.05, 0) is 30.2 Å². The van der Waals surface area contributed by atoms with Gasteiger partial charge in [0, 0.05) is 6.21 Å². The maximum absolute atomic E-state index is 11.6. The number of ether oxygens (including phenoxy) is 1. The number of nitrogens with zero attached hydrogens (tertiary/aromatic N) is 2. The van der Waals surface area contributed by atoms with Gasteiger partial charge in [-0.1, -0.05) is 42.5 Å². The standard InChI is InChI=1S/C18H18N2O2/c1-3-22-18(21)15(11-19)12-20-13(2)16-10-6-8-14-7-4-5-9-17(14)16/h4-10,12-13,15H,3H2,1-2H3/t13-,15-/m1/s1. The van der Waals surface area contributed by atoms with E-state index in [1.807, 2.05) is 55.5 Å². The highest BCUT2D eigenvalue weighted by Crippen LogP contribution is 2.26. The molecule has 112 valence electrons. The summed E-state index contributed by atoms with van der Waals surface area (Å²) < 4.78 is 4.85. The van der Waals surface area contributed by atoms with Crippen LogP contribution < -0.4 is 0 Å². The maximum Gasteiger partial charge on any atom is 0.328 e. The number of nitriles is 1. The second-order valence-electron chi connectivity index (χ2n) is 4.90. The van der Waals surface area contributed by atoms with Gasteiger partial charge in [-0.2, -0.15) is 5.26 Å². The first-order chi connectivity index (χ1) is 10.7. The van der Waals surface area contributed by atoms with Gasteiger partial charge < -0.3 is 4.74 Å². The predicted molar refractivity (Wildman–Crippen MR) is 86.6 cm³/mol. The largest absolute Gasteiger partial charge is 0.465 e. The summed E-state index contributed by atoms with van der Waals surface area (Å²) in [5.41, 5.74) is 1.06. The lowest BCUT2D eigenvalue weighted by molar-refractivity contribution is -0.143. The Morgan fingerprint density at radius 3 is 2.77 bits per heavy atom.